The van der Waals surface area contributed by atoms with Gasteiger partial charge in [-0.1, -0.05) is 32.0 Å². The normalized spacial score (nSPS) is 19.3. The van der Waals surface area contributed by atoms with Crippen molar-refractivity contribution in [3.8, 4) is 0 Å². The van der Waals surface area contributed by atoms with Gasteiger partial charge >= 0.3 is 0 Å². The van der Waals surface area contributed by atoms with Crippen molar-refractivity contribution in [1.82, 2.24) is 4.90 Å². The molecule has 0 bridgehead atoms. The molecule has 1 heteroatoms. The summed E-state index contributed by atoms with van der Waals surface area (Å²) in [5.74, 6) is 0.725. The van der Waals surface area contributed by atoms with E-state index in [1.54, 1.807) is 16.7 Å². The number of nitrogens with zero attached hydrogens (tertiary/aromatic N) is 1. The van der Waals surface area contributed by atoms with Crippen LogP contribution in [0.15, 0.2) is 18.2 Å². The molecular formula is C22H37N. The summed E-state index contributed by atoms with van der Waals surface area (Å²) in [6, 6.07) is 7.63. The zero-order chi connectivity index (χ0) is 17.4. The van der Waals surface area contributed by atoms with Crippen LogP contribution in [0.2, 0.25) is 0 Å². The summed E-state index contributed by atoms with van der Waals surface area (Å²) < 4.78 is 0. The predicted molar refractivity (Wildman–Crippen MR) is 102 cm³/mol. The summed E-state index contributed by atoms with van der Waals surface area (Å²) in [6.07, 6.45) is 4.94. The topological polar surface area (TPSA) is 3.24 Å². The lowest BCUT2D eigenvalue weighted by Gasteiger charge is -2.51. The molecule has 1 aliphatic carbocycles. The highest BCUT2D eigenvalue weighted by molar-refractivity contribution is 5.38. The fraction of sp³-hybridized carbons (Fsp3) is 0.727. The smallest absolute Gasteiger partial charge is 0.0149 e. The molecule has 130 valence electrons. The van der Waals surface area contributed by atoms with E-state index in [-0.39, 0.29) is 11.1 Å². The number of hydrogen-bond donors (Lipinski definition) is 0. The van der Waals surface area contributed by atoms with Gasteiger partial charge < -0.3 is 0 Å². The van der Waals surface area contributed by atoms with E-state index in [2.05, 4.69) is 78.5 Å². The van der Waals surface area contributed by atoms with E-state index in [9.17, 15) is 0 Å². The third-order valence-electron chi connectivity index (χ3n) is 5.00. The van der Waals surface area contributed by atoms with Crippen molar-refractivity contribution in [2.45, 2.75) is 98.2 Å². The molecule has 0 aromatic heterocycles. The highest BCUT2D eigenvalue weighted by atomic mass is 15.3. The molecule has 2 rings (SSSR count). The van der Waals surface area contributed by atoms with Gasteiger partial charge in [0.2, 0.25) is 0 Å². The van der Waals surface area contributed by atoms with Crippen molar-refractivity contribution < 1.29 is 0 Å². The molecule has 0 saturated heterocycles. The molecule has 1 nitrogen and oxygen atoms in total. The molecule has 0 N–H and O–H groups in total. The Bertz CT molecular complexity index is 514. The summed E-state index contributed by atoms with van der Waals surface area (Å²) >= 11 is 0. The summed E-state index contributed by atoms with van der Waals surface area (Å²) in [7, 11) is 0. The number of benzene rings is 1. The van der Waals surface area contributed by atoms with Crippen LogP contribution in [-0.4, -0.2) is 22.0 Å². The first kappa shape index (κ1) is 18.5. The Morgan fingerprint density at radius 3 is 2.17 bits per heavy atom. The lowest BCUT2D eigenvalue weighted by Crippen LogP contribution is -2.58. The van der Waals surface area contributed by atoms with E-state index in [1.807, 2.05) is 0 Å². The lowest BCUT2D eigenvalue weighted by molar-refractivity contribution is -0.0107. The van der Waals surface area contributed by atoms with E-state index in [4.69, 9.17) is 0 Å². The first-order chi connectivity index (χ1) is 10.5. The highest BCUT2D eigenvalue weighted by Gasteiger charge is 2.38. The zero-order valence-corrected chi connectivity index (χ0v) is 16.7. The van der Waals surface area contributed by atoms with Crippen LogP contribution in [-0.2, 0) is 19.3 Å². The van der Waals surface area contributed by atoms with Crippen molar-refractivity contribution in [2.75, 3.05) is 0 Å². The van der Waals surface area contributed by atoms with Crippen LogP contribution in [0.4, 0.5) is 0 Å². The Hall–Kier alpha value is -0.820. The molecule has 0 heterocycles. The van der Waals surface area contributed by atoms with E-state index >= 15 is 0 Å². The van der Waals surface area contributed by atoms with E-state index < -0.39 is 0 Å². The Morgan fingerprint density at radius 1 is 1.04 bits per heavy atom. The Labute approximate surface area is 144 Å². The molecule has 0 fully saturated rings. The molecule has 0 saturated carbocycles. The molecular weight excluding hydrogens is 278 g/mol. The molecule has 1 aromatic rings. The van der Waals surface area contributed by atoms with Gasteiger partial charge in [0.25, 0.3) is 0 Å². The number of rotatable bonds is 3. The molecule has 23 heavy (non-hydrogen) atoms. The lowest BCUT2D eigenvalue weighted by atomic mass is 9.80. The summed E-state index contributed by atoms with van der Waals surface area (Å²) in [5, 5.41) is 0. The van der Waals surface area contributed by atoms with Crippen LogP contribution in [0.3, 0.4) is 0 Å². The molecule has 0 spiro atoms. The second-order valence-electron chi connectivity index (χ2n) is 9.76. The van der Waals surface area contributed by atoms with Crippen molar-refractivity contribution in [3.05, 3.63) is 34.9 Å². The SMILES string of the molecule is CC(C)Cc1cccc2c1CC(N(C(C)(C)C)C(C)(C)C)CC2. The van der Waals surface area contributed by atoms with Gasteiger partial charge in [0, 0.05) is 17.1 Å². The maximum Gasteiger partial charge on any atom is 0.0149 e. The summed E-state index contributed by atoms with van der Waals surface area (Å²) in [4.78, 5) is 2.76. The van der Waals surface area contributed by atoms with Gasteiger partial charge in [-0.2, -0.15) is 0 Å². The van der Waals surface area contributed by atoms with Gasteiger partial charge in [0.15, 0.2) is 0 Å². The van der Waals surface area contributed by atoms with E-state index in [0.29, 0.717) is 6.04 Å². The van der Waals surface area contributed by atoms with Gasteiger partial charge in [0.1, 0.15) is 0 Å². The highest BCUT2D eigenvalue weighted by Crippen LogP contribution is 2.35. The summed E-state index contributed by atoms with van der Waals surface area (Å²) in [5.41, 5.74) is 5.24. The Morgan fingerprint density at radius 2 is 1.65 bits per heavy atom. The maximum atomic E-state index is 2.76. The van der Waals surface area contributed by atoms with Crippen molar-refractivity contribution >= 4 is 0 Å². The number of hydrogen-bond acceptors (Lipinski definition) is 1. The molecule has 0 aliphatic heterocycles. The maximum absolute atomic E-state index is 2.76. The second kappa shape index (κ2) is 6.59. The average molecular weight is 316 g/mol. The largest absolute Gasteiger partial charge is 0.290 e. The van der Waals surface area contributed by atoms with Crippen molar-refractivity contribution in [2.24, 2.45) is 5.92 Å². The van der Waals surface area contributed by atoms with Crippen molar-refractivity contribution in [1.29, 1.82) is 0 Å². The first-order valence-electron chi connectivity index (χ1n) is 9.39. The molecule has 1 unspecified atom stereocenters. The molecule has 1 aliphatic rings. The molecule has 0 radical (unpaired) electrons. The van der Waals surface area contributed by atoms with Crippen LogP contribution in [0, 0.1) is 5.92 Å². The van der Waals surface area contributed by atoms with E-state index in [1.165, 1.54) is 25.7 Å². The minimum absolute atomic E-state index is 0.202. The zero-order valence-electron chi connectivity index (χ0n) is 16.7. The minimum Gasteiger partial charge on any atom is -0.290 e. The third kappa shape index (κ3) is 4.38. The van der Waals surface area contributed by atoms with Gasteiger partial charge in [-0.15, -0.1) is 0 Å². The molecule has 1 aromatic carbocycles. The first-order valence-corrected chi connectivity index (χ1v) is 9.39. The fourth-order valence-electron chi connectivity index (χ4n) is 4.80. The van der Waals surface area contributed by atoms with Crippen LogP contribution >= 0.6 is 0 Å². The monoisotopic (exact) mass is 315 g/mol. The second-order valence-corrected chi connectivity index (χ2v) is 9.76. The van der Waals surface area contributed by atoms with Crippen LogP contribution < -0.4 is 0 Å². The van der Waals surface area contributed by atoms with Gasteiger partial charge in [0.05, 0.1) is 0 Å². The Balaban J connectivity index is 2.34. The molecule has 0 amide bonds. The quantitative estimate of drug-likeness (QED) is 0.697. The Kier molecular flexibility index (Phi) is 5.31. The van der Waals surface area contributed by atoms with Gasteiger partial charge in [-0.3, -0.25) is 4.90 Å². The van der Waals surface area contributed by atoms with E-state index in [0.717, 1.165) is 5.92 Å². The van der Waals surface area contributed by atoms with Crippen LogP contribution in [0.25, 0.3) is 0 Å². The van der Waals surface area contributed by atoms with Crippen LogP contribution in [0.1, 0.15) is 78.5 Å². The number of aryl methyl sites for hydroxylation is 1. The minimum atomic E-state index is 0.202. The van der Waals surface area contributed by atoms with Crippen molar-refractivity contribution in [3.63, 3.8) is 0 Å². The average Bonchev–Trinajstić information content (AvgIpc) is 2.35. The number of fused-ring (bicyclic) bond motifs is 1. The fourth-order valence-corrected chi connectivity index (χ4v) is 4.80. The third-order valence-corrected chi connectivity index (χ3v) is 5.00. The van der Waals surface area contributed by atoms with Gasteiger partial charge in [-0.25, -0.2) is 0 Å². The predicted octanol–water partition coefficient (Wildman–Crippen LogP) is 5.64. The molecule has 1 atom stereocenters. The van der Waals surface area contributed by atoms with Gasteiger partial charge in [-0.05, 0) is 89.8 Å². The summed E-state index contributed by atoms with van der Waals surface area (Å²) in [6.45, 7) is 18.9. The van der Waals surface area contributed by atoms with Crippen LogP contribution in [0.5, 0.6) is 0 Å². The standard InChI is InChI=1S/C22H37N/c1-16(2)14-18-11-9-10-17-12-13-19(15-20(17)18)23(21(3,4)5)22(6,7)8/h9-11,16,19H,12-15H2,1-8H3.